The van der Waals surface area contributed by atoms with Gasteiger partial charge in [0.05, 0.1) is 18.7 Å². The Morgan fingerprint density at radius 2 is 1.76 bits per heavy atom. The maximum absolute atomic E-state index is 12.0. The molecule has 0 spiro atoms. The number of carboxylic acid groups (broad SMARTS) is 1. The van der Waals surface area contributed by atoms with E-state index in [4.69, 9.17) is 9.72 Å². The molecule has 5 rings (SSSR count). The normalized spacial score (nSPS) is 12.4. The van der Waals surface area contributed by atoms with Gasteiger partial charge in [0.1, 0.15) is 10.6 Å². The van der Waals surface area contributed by atoms with Gasteiger partial charge in [-0.25, -0.2) is 4.98 Å². The molecule has 0 saturated carbocycles. The minimum atomic E-state index is -0.847. The standard InChI is InChI=1S/C28H27NO3S.ClH/c1-3-15-32-20-13-11-19(12-14-20)27-22(16-24(30)31)25(18-9-7-17(2)8-10-18)26-21-5-4-6-23(21)33-28(26)29-27;/h7-14H,3-6,15-16H2,1-2H3,(H,30,31);1H. The number of fused-ring (bicyclic) bond motifs is 3. The predicted molar refractivity (Wildman–Crippen MR) is 142 cm³/mol. The van der Waals surface area contributed by atoms with Crippen molar-refractivity contribution in [3.05, 3.63) is 70.1 Å². The van der Waals surface area contributed by atoms with E-state index in [1.54, 1.807) is 11.3 Å². The van der Waals surface area contributed by atoms with Crippen LogP contribution in [-0.4, -0.2) is 22.7 Å². The molecule has 176 valence electrons. The number of halogens is 1. The second-order valence-corrected chi connectivity index (χ2v) is 9.74. The molecule has 0 radical (unpaired) electrons. The van der Waals surface area contributed by atoms with E-state index < -0.39 is 5.97 Å². The van der Waals surface area contributed by atoms with Gasteiger partial charge < -0.3 is 9.84 Å². The molecule has 0 aliphatic heterocycles. The average Bonchev–Trinajstić information content (AvgIpc) is 3.39. The zero-order valence-corrected chi connectivity index (χ0v) is 21.0. The Morgan fingerprint density at radius 3 is 2.44 bits per heavy atom. The first kappa shape index (κ1) is 24.2. The third kappa shape index (κ3) is 4.55. The van der Waals surface area contributed by atoms with Crippen LogP contribution in [0, 0.1) is 6.92 Å². The van der Waals surface area contributed by atoms with E-state index in [2.05, 4.69) is 38.1 Å². The van der Waals surface area contributed by atoms with Crippen molar-refractivity contribution in [2.75, 3.05) is 6.61 Å². The molecule has 2 aromatic heterocycles. The molecule has 6 heteroatoms. The monoisotopic (exact) mass is 493 g/mol. The van der Waals surface area contributed by atoms with E-state index in [0.717, 1.165) is 69.6 Å². The SMILES string of the molecule is CCCOc1ccc(-c2nc3sc4c(c3c(-c3ccc(C)cc3)c2CC(=O)O)CCC4)cc1.Cl. The lowest BCUT2D eigenvalue weighted by Crippen LogP contribution is -2.06. The quantitative estimate of drug-likeness (QED) is 0.294. The zero-order chi connectivity index (χ0) is 22.9. The van der Waals surface area contributed by atoms with E-state index in [1.807, 2.05) is 24.3 Å². The summed E-state index contributed by atoms with van der Waals surface area (Å²) in [5.74, 6) is -0.0316. The number of carboxylic acids is 1. The molecule has 1 N–H and O–H groups in total. The van der Waals surface area contributed by atoms with Gasteiger partial charge >= 0.3 is 5.97 Å². The first-order valence-corrected chi connectivity index (χ1v) is 12.4. The maximum Gasteiger partial charge on any atom is 0.307 e. The Labute approximate surface area is 210 Å². The number of carbonyl (C=O) groups is 1. The van der Waals surface area contributed by atoms with Crippen molar-refractivity contribution in [3.63, 3.8) is 0 Å². The smallest absolute Gasteiger partial charge is 0.307 e. The molecule has 1 aliphatic carbocycles. The summed E-state index contributed by atoms with van der Waals surface area (Å²) in [5, 5.41) is 11.0. The fourth-order valence-electron chi connectivity index (χ4n) is 4.69. The maximum atomic E-state index is 12.0. The molecular formula is C28H28ClNO3S. The van der Waals surface area contributed by atoms with Crippen LogP contribution in [-0.2, 0) is 24.1 Å². The third-order valence-electron chi connectivity index (χ3n) is 6.22. The highest BCUT2D eigenvalue weighted by Crippen LogP contribution is 2.45. The Balaban J connectivity index is 0.00000274. The van der Waals surface area contributed by atoms with Gasteiger partial charge in [0.2, 0.25) is 0 Å². The van der Waals surface area contributed by atoms with Crippen LogP contribution >= 0.6 is 23.7 Å². The van der Waals surface area contributed by atoms with Crippen LogP contribution in [0.3, 0.4) is 0 Å². The third-order valence-corrected chi connectivity index (χ3v) is 7.41. The molecule has 1 aliphatic rings. The van der Waals surface area contributed by atoms with Crippen LogP contribution in [0.1, 0.15) is 41.3 Å². The largest absolute Gasteiger partial charge is 0.494 e. The number of nitrogens with zero attached hydrogens (tertiary/aromatic N) is 1. The van der Waals surface area contributed by atoms with Crippen molar-refractivity contribution in [2.24, 2.45) is 0 Å². The number of aliphatic carboxylic acids is 1. The van der Waals surface area contributed by atoms with Crippen molar-refractivity contribution in [2.45, 2.75) is 46.0 Å². The first-order valence-electron chi connectivity index (χ1n) is 11.5. The van der Waals surface area contributed by atoms with Crippen molar-refractivity contribution >= 4 is 39.9 Å². The summed E-state index contributed by atoms with van der Waals surface area (Å²) in [7, 11) is 0. The molecule has 0 amide bonds. The summed E-state index contributed by atoms with van der Waals surface area (Å²) in [4.78, 5) is 19.5. The molecule has 4 aromatic rings. The summed E-state index contributed by atoms with van der Waals surface area (Å²) in [6.45, 7) is 4.82. The van der Waals surface area contributed by atoms with Gasteiger partial charge in [0, 0.05) is 15.8 Å². The van der Waals surface area contributed by atoms with Crippen LogP contribution in [0.2, 0.25) is 0 Å². The van der Waals surface area contributed by atoms with Crippen molar-refractivity contribution in [1.82, 2.24) is 4.98 Å². The summed E-state index contributed by atoms with van der Waals surface area (Å²) in [5.41, 5.74) is 7.08. The van der Waals surface area contributed by atoms with E-state index in [1.165, 1.54) is 16.0 Å². The Kier molecular flexibility index (Phi) is 7.24. The number of pyridine rings is 1. The van der Waals surface area contributed by atoms with Gasteiger partial charge in [-0.2, -0.15) is 0 Å². The van der Waals surface area contributed by atoms with E-state index >= 15 is 0 Å². The lowest BCUT2D eigenvalue weighted by atomic mass is 9.90. The van der Waals surface area contributed by atoms with Crippen molar-refractivity contribution < 1.29 is 14.6 Å². The van der Waals surface area contributed by atoms with Gasteiger partial charge in [-0.1, -0.05) is 36.8 Å². The molecule has 4 nitrogen and oxygen atoms in total. The second-order valence-electron chi connectivity index (χ2n) is 8.66. The summed E-state index contributed by atoms with van der Waals surface area (Å²) in [6.07, 6.45) is 4.15. The molecule has 2 aromatic carbocycles. The highest BCUT2D eigenvalue weighted by molar-refractivity contribution is 7.19. The Hall–Kier alpha value is -2.89. The number of hydrogen-bond donors (Lipinski definition) is 1. The fourth-order valence-corrected chi connectivity index (χ4v) is 5.97. The summed E-state index contributed by atoms with van der Waals surface area (Å²) in [6, 6.07) is 16.3. The highest BCUT2D eigenvalue weighted by Gasteiger charge is 2.26. The minimum Gasteiger partial charge on any atom is -0.494 e. The minimum absolute atomic E-state index is 0. The zero-order valence-electron chi connectivity index (χ0n) is 19.4. The number of aryl methyl sites for hydroxylation is 3. The highest BCUT2D eigenvalue weighted by atomic mass is 35.5. The van der Waals surface area contributed by atoms with Gasteiger partial charge in [0.15, 0.2) is 0 Å². The molecule has 0 atom stereocenters. The number of thiophene rings is 1. The molecule has 34 heavy (non-hydrogen) atoms. The summed E-state index contributed by atoms with van der Waals surface area (Å²) < 4.78 is 5.74. The average molecular weight is 494 g/mol. The number of hydrogen-bond acceptors (Lipinski definition) is 4. The number of ether oxygens (including phenoxy) is 1. The topological polar surface area (TPSA) is 59.4 Å². The van der Waals surface area contributed by atoms with Crippen LogP contribution in [0.4, 0.5) is 0 Å². The van der Waals surface area contributed by atoms with Crippen molar-refractivity contribution in [1.29, 1.82) is 0 Å². The van der Waals surface area contributed by atoms with Gasteiger partial charge in [0.25, 0.3) is 0 Å². The van der Waals surface area contributed by atoms with Crippen LogP contribution in [0.5, 0.6) is 5.75 Å². The van der Waals surface area contributed by atoms with Crippen molar-refractivity contribution in [3.8, 4) is 28.1 Å². The molecular weight excluding hydrogens is 466 g/mol. The van der Waals surface area contributed by atoms with Crippen LogP contribution < -0.4 is 4.74 Å². The lowest BCUT2D eigenvalue weighted by molar-refractivity contribution is -0.136. The molecule has 0 saturated heterocycles. The van der Waals surface area contributed by atoms with Gasteiger partial charge in [-0.3, -0.25) is 4.79 Å². The Bertz CT molecular complexity index is 1330. The summed E-state index contributed by atoms with van der Waals surface area (Å²) >= 11 is 1.77. The fraction of sp³-hybridized carbons (Fsp3) is 0.286. The first-order chi connectivity index (χ1) is 16.0. The lowest BCUT2D eigenvalue weighted by Gasteiger charge is -2.17. The number of benzene rings is 2. The second kappa shape index (κ2) is 10.2. The van der Waals surface area contributed by atoms with E-state index in [-0.39, 0.29) is 18.8 Å². The molecule has 0 unspecified atom stereocenters. The number of aromatic nitrogens is 1. The van der Waals surface area contributed by atoms with E-state index in [9.17, 15) is 9.90 Å². The predicted octanol–water partition coefficient (Wildman–Crippen LogP) is 7.27. The molecule has 0 bridgehead atoms. The number of rotatable bonds is 7. The van der Waals surface area contributed by atoms with Crippen LogP contribution in [0.25, 0.3) is 32.6 Å². The molecule has 0 fully saturated rings. The Morgan fingerprint density at radius 1 is 1.06 bits per heavy atom. The molecule has 2 heterocycles. The van der Waals surface area contributed by atoms with Gasteiger partial charge in [-0.05, 0) is 79.1 Å². The van der Waals surface area contributed by atoms with Gasteiger partial charge in [-0.15, -0.1) is 23.7 Å². The van der Waals surface area contributed by atoms with Crippen LogP contribution in [0.15, 0.2) is 48.5 Å². The van der Waals surface area contributed by atoms with E-state index in [0.29, 0.717) is 6.61 Å².